The first-order valence-electron chi connectivity index (χ1n) is 7.34. The molecule has 1 fully saturated rings. The van der Waals surface area contributed by atoms with Crippen molar-refractivity contribution in [1.29, 1.82) is 0 Å². The summed E-state index contributed by atoms with van der Waals surface area (Å²) in [6, 6.07) is 1.56. The van der Waals surface area contributed by atoms with Crippen LogP contribution in [0.2, 0.25) is 0 Å². The van der Waals surface area contributed by atoms with Gasteiger partial charge in [-0.25, -0.2) is 9.97 Å². The second kappa shape index (κ2) is 5.62. The first kappa shape index (κ1) is 14.1. The number of carbonyl (C=O) groups is 2. The molecule has 23 heavy (non-hydrogen) atoms. The van der Waals surface area contributed by atoms with Crippen LogP contribution in [0.3, 0.4) is 0 Å². The summed E-state index contributed by atoms with van der Waals surface area (Å²) in [7, 11) is 0. The SMILES string of the molecule is O=C1COc2ncc(C(=O)NCc3nc(C4CC4)cs3)cc2N1. The summed E-state index contributed by atoms with van der Waals surface area (Å²) in [6.07, 6.45) is 3.86. The molecule has 1 saturated carbocycles. The van der Waals surface area contributed by atoms with Gasteiger partial charge in [0.15, 0.2) is 6.61 Å². The molecule has 0 bridgehead atoms. The van der Waals surface area contributed by atoms with E-state index in [2.05, 4.69) is 26.0 Å². The fraction of sp³-hybridized carbons (Fsp3) is 0.333. The molecule has 7 nitrogen and oxygen atoms in total. The van der Waals surface area contributed by atoms with Crippen LogP contribution in [-0.4, -0.2) is 28.4 Å². The minimum Gasteiger partial charge on any atom is -0.466 e. The van der Waals surface area contributed by atoms with Crippen molar-refractivity contribution >= 4 is 28.8 Å². The van der Waals surface area contributed by atoms with E-state index in [1.807, 2.05) is 0 Å². The summed E-state index contributed by atoms with van der Waals surface area (Å²) in [4.78, 5) is 32.1. The number of aromatic nitrogens is 2. The van der Waals surface area contributed by atoms with Crippen LogP contribution < -0.4 is 15.4 Å². The molecule has 2 aliphatic rings. The van der Waals surface area contributed by atoms with Crippen LogP contribution >= 0.6 is 11.3 Å². The molecule has 0 radical (unpaired) electrons. The summed E-state index contributed by atoms with van der Waals surface area (Å²) in [5.74, 6) is 0.426. The third-order valence-electron chi connectivity index (χ3n) is 3.69. The number of pyridine rings is 1. The summed E-state index contributed by atoms with van der Waals surface area (Å²) < 4.78 is 5.17. The standard InChI is InChI=1S/C15H14N4O3S/c20-12-6-22-15-10(18-12)3-9(4-17-15)14(21)16-5-13-19-11(7-23-13)8-1-2-8/h3-4,7-8H,1-2,5-6H2,(H,16,21)(H,18,20). The minimum atomic E-state index is -0.261. The Kier molecular flexibility index (Phi) is 3.45. The van der Waals surface area contributed by atoms with Crippen molar-refractivity contribution in [1.82, 2.24) is 15.3 Å². The molecule has 3 heterocycles. The van der Waals surface area contributed by atoms with E-state index in [1.54, 1.807) is 17.4 Å². The number of carbonyl (C=O) groups excluding carboxylic acids is 2. The summed E-state index contributed by atoms with van der Waals surface area (Å²) in [6.45, 7) is 0.328. The molecule has 0 unspecified atom stereocenters. The van der Waals surface area contributed by atoms with Gasteiger partial charge < -0.3 is 15.4 Å². The van der Waals surface area contributed by atoms with E-state index in [0.717, 1.165) is 10.7 Å². The summed E-state index contributed by atoms with van der Waals surface area (Å²) in [5.41, 5.74) is 1.92. The second-order valence-corrected chi connectivity index (χ2v) is 6.48. The minimum absolute atomic E-state index is 0.0566. The van der Waals surface area contributed by atoms with Crippen molar-refractivity contribution in [2.24, 2.45) is 0 Å². The molecule has 0 spiro atoms. The number of anilines is 1. The highest BCUT2D eigenvalue weighted by Crippen LogP contribution is 2.40. The molecule has 118 valence electrons. The van der Waals surface area contributed by atoms with Gasteiger partial charge in [0.1, 0.15) is 10.7 Å². The van der Waals surface area contributed by atoms with Gasteiger partial charge in [0.2, 0.25) is 5.88 Å². The Morgan fingerprint density at radius 2 is 2.35 bits per heavy atom. The van der Waals surface area contributed by atoms with Gasteiger partial charge in [-0.1, -0.05) is 0 Å². The molecule has 0 saturated heterocycles. The van der Waals surface area contributed by atoms with E-state index in [1.165, 1.54) is 19.0 Å². The van der Waals surface area contributed by atoms with Crippen LogP contribution in [-0.2, 0) is 11.3 Å². The van der Waals surface area contributed by atoms with E-state index >= 15 is 0 Å². The zero-order valence-corrected chi connectivity index (χ0v) is 13.0. The molecule has 0 atom stereocenters. The molecule has 1 aliphatic carbocycles. The number of hydrogen-bond acceptors (Lipinski definition) is 6. The number of hydrogen-bond donors (Lipinski definition) is 2. The van der Waals surface area contributed by atoms with Crippen LogP contribution in [0, 0.1) is 0 Å². The average molecular weight is 330 g/mol. The van der Waals surface area contributed by atoms with Gasteiger partial charge in [-0.2, -0.15) is 0 Å². The average Bonchev–Trinajstić information content (AvgIpc) is 3.30. The fourth-order valence-corrected chi connectivity index (χ4v) is 3.15. The van der Waals surface area contributed by atoms with Gasteiger partial charge in [0.25, 0.3) is 11.8 Å². The van der Waals surface area contributed by atoms with Crippen LogP contribution in [0.15, 0.2) is 17.6 Å². The zero-order chi connectivity index (χ0) is 15.8. The van der Waals surface area contributed by atoms with Gasteiger partial charge in [-0.05, 0) is 18.9 Å². The van der Waals surface area contributed by atoms with Crippen molar-refractivity contribution in [3.05, 3.63) is 33.9 Å². The molecule has 1 aliphatic heterocycles. The number of fused-ring (bicyclic) bond motifs is 1. The summed E-state index contributed by atoms with van der Waals surface area (Å²) >= 11 is 1.56. The van der Waals surface area contributed by atoms with Gasteiger partial charge in [-0.3, -0.25) is 9.59 Å². The van der Waals surface area contributed by atoms with Gasteiger partial charge in [0.05, 0.1) is 17.8 Å². The number of rotatable bonds is 4. The Morgan fingerprint density at radius 3 is 3.17 bits per heavy atom. The highest BCUT2D eigenvalue weighted by molar-refractivity contribution is 7.09. The monoisotopic (exact) mass is 330 g/mol. The number of nitrogens with zero attached hydrogens (tertiary/aromatic N) is 2. The van der Waals surface area contributed by atoms with Gasteiger partial charge in [-0.15, -0.1) is 11.3 Å². The number of thiazole rings is 1. The predicted molar refractivity (Wildman–Crippen MR) is 83.6 cm³/mol. The quantitative estimate of drug-likeness (QED) is 0.889. The van der Waals surface area contributed by atoms with E-state index in [4.69, 9.17) is 4.74 Å². The Bertz CT molecular complexity index is 785. The van der Waals surface area contributed by atoms with E-state index < -0.39 is 0 Å². The smallest absolute Gasteiger partial charge is 0.262 e. The van der Waals surface area contributed by atoms with Crippen molar-refractivity contribution in [3.63, 3.8) is 0 Å². The third kappa shape index (κ3) is 3.02. The van der Waals surface area contributed by atoms with Gasteiger partial charge in [0, 0.05) is 17.5 Å². The van der Waals surface area contributed by atoms with Crippen LogP contribution in [0.1, 0.15) is 39.8 Å². The number of amides is 2. The Hall–Kier alpha value is -2.48. The summed E-state index contributed by atoms with van der Waals surface area (Å²) in [5, 5.41) is 8.41. The highest BCUT2D eigenvalue weighted by atomic mass is 32.1. The number of ether oxygens (including phenoxy) is 1. The Morgan fingerprint density at radius 1 is 1.48 bits per heavy atom. The van der Waals surface area contributed by atoms with E-state index in [9.17, 15) is 9.59 Å². The molecule has 2 amide bonds. The molecule has 8 heteroatoms. The lowest BCUT2D eigenvalue weighted by molar-refractivity contribution is -0.118. The van der Waals surface area contributed by atoms with E-state index in [0.29, 0.717) is 29.6 Å². The zero-order valence-electron chi connectivity index (χ0n) is 12.2. The van der Waals surface area contributed by atoms with Crippen LogP contribution in [0.4, 0.5) is 5.69 Å². The van der Waals surface area contributed by atoms with Crippen molar-refractivity contribution in [2.45, 2.75) is 25.3 Å². The lowest BCUT2D eigenvalue weighted by atomic mass is 10.2. The third-order valence-corrected chi connectivity index (χ3v) is 4.56. The lowest BCUT2D eigenvalue weighted by Gasteiger charge is -2.17. The second-order valence-electron chi connectivity index (χ2n) is 5.54. The Labute approximate surface area is 136 Å². The van der Waals surface area contributed by atoms with Crippen LogP contribution in [0.25, 0.3) is 0 Å². The van der Waals surface area contributed by atoms with Crippen molar-refractivity contribution in [3.8, 4) is 5.88 Å². The van der Waals surface area contributed by atoms with Gasteiger partial charge >= 0.3 is 0 Å². The molecule has 2 aromatic rings. The largest absolute Gasteiger partial charge is 0.466 e. The molecule has 0 aromatic carbocycles. The maximum Gasteiger partial charge on any atom is 0.262 e. The molecule has 4 rings (SSSR count). The molecular weight excluding hydrogens is 316 g/mol. The van der Waals surface area contributed by atoms with E-state index in [-0.39, 0.29) is 18.4 Å². The highest BCUT2D eigenvalue weighted by Gasteiger charge is 2.26. The van der Waals surface area contributed by atoms with Crippen molar-refractivity contribution < 1.29 is 14.3 Å². The van der Waals surface area contributed by atoms with Crippen LogP contribution in [0.5, 0.6) is 5.88 Å². The fourth-order valence-electron chi connectivity index (χ4n) is 2.33. The lowest BCUT2D eigenvalue weighted by Crippen LogP contribution is -2.27. The molecule has 2 aromatic heterocycles. The Balaban J connectivity index is 1.42. The molecular formula is C15H14N4O3S. The maximum atomic E-state index is 12.2. The van der Waals surface area contributed by atoms with Crippen molar-refractivity contribution in [2.75, 3.05) is 11.9 Å². The first-order valence-corrected chi connectivity index (χ1v) is 8.22. The normalized spacial score (nSPS) is 16.3. The first-order chi connectivity index (χ1) is 11.2. The predicted octanol–water partition coefficient (Wildman–Crippen LogP) is 1.68. The topological polar surface area (TPSA) is 93.2 Å². The number of nitrogens with one attached hydrogen (secondary N) is 2. The maximum absolute atomic E-state index is 12.2. The molecule has 2 N–H and O–H groups in total.